The maximum absolute atomic E-state index is 13.6. The maximum atomic E-state index is 13.6. The average molecular weight is 708 g/mol. The predicted molar refractivity (Wildman–Crippen MR) is 172 cm³/mol. The van der Waals surface area contributed by atoms with Crippen molar-refractivity contribution in [3.05, 3.63) is 134 Å². The molecule has 0 saturated carbocycles. The number of halogens is 3. The summed E-state index contributed by atoms with van der Waals surface area (Å²) in [6.07, 6.45) is 2.82. The van der Waals surface area contributed by atoms with Gasteiger partial charge in [-0.2, -0.15) is 5.10 Å². The molecule has 0 aromatic heterocycles. The molecule has 11 heteroatoms. The van der Waals surface area contributed by atoms with Crippen LogP contribution < -0.4 is 20.4 Å². The van der Waals surface area contributed by atoms with Crippen molar-refractivity contribution in [1.82, 2.24) is 10.7 Å². The molecule has 4 rings (SSSR count). The fourth-order valence-electron chi connectivity index (χ4n) is 3.75. The lowest BCUT2D eigenvalue weighted by Crippen LogP contribution is -2.32. The van der Waals surface area contributed by atoms with Crippen LogP contribution in [0.2, 0.25) is 0 Å². The molecule has 0 atom stereocenters. The Balaban J connectivity index is 1.58. The third-order valence-corrected chi connectivity index (χ3v) is 6.96. The van der Waals surface area contributed by atoms with Crippen LogP contribution >= 0.6 is 31.9 Å². The van der Waals surface area contributed by atoms with E-state index >= 15 is 0 Å². The molecule has 0 aliphatic carbocycles. The minimum atomic E-state index is -0.782. The van der Waals surface area contributed by atoms with Gasteiger partial charge >= 0.3 is 5.97 Å². The molecule has 0 aliphatic heterocycles. The lowest BCUT2D eigenvalue weighted by molar-refractivity contribution is -0.117. The number of nitrogens with one attached hydrogen (secondary N) is 2. The van der Waals surface area contributed by atoms with E-state index in [0.29, 0.717) is 25.6 Å². The van der Waals surface area contributed by atoms with Crippen molar-refractivity contribution >= 4 is 67.6 Å². The zero-order chi connectivity index (χ0) is 30.9. The Morgan fingerprint density at radius 2 is 1.58 bits per heavy atom. The van der Waals surface area contributed by atoms with Gasteiger partial charge in [-0.3, -0.25) is 9.59 Å². The smallest absolute Gasteiger partial charge is 0.343 e. The Labute approximate surface area is 264 Å². The number of benzene rings is 4. The van der Waals surface area contributed by atoms with Gasteiger partial charge in [0.15, 0.2) is 5.75 Å². The molecule has 0 aliphatic rings. The van der Waals surface area contributed by atoms with E-state index in [-0.39, 0.29) is 17.0 Å². The average Bonchev–Trinajstić information content (AvgIpc) is 2.99. The first kappa shape index (κ1) is 31.3. The highest BCUT2D eigenvalue weighted by molar-refractivity contribution is 9.11. The summed E-state index contributed by atoms with van der Waals surface area (Å²) in [4.78, 5) is 40.8. The van der Waals surface area contributed by atoms with E-state index in [0.717, 1.165) is 11.8 Å². The molecule has 0 spiro atoms. The Kier molecular flexibility index (Phi) is 10.6. The van der Waals surface area contributed by atoms with E-state index < -0.39 is 23.6 Å². The van der Waals surface area contributed by atoms with Crippen LogP contribution in [-0.2, 0) is 4.79 Å². The number of ether oxygens (including phenoxy) is 1. The number of amides is 2. The minimum Gasteiger partial charge on any atom is -0.421 e. The highest BCUT2D eigenvalue weighted by Crippen LogP contribution is 2.32. The summed E-state index contributed by atoms with van der Waals surface area (Å²) in [7, 11) is 3.83. The molecule has 0 heterocycles. The van der Waals surface area contributed by atoms with E-state index in [1.165, 1.54) is 30.5 Å². The number of esters is 1. The Morgan fingerprint density at radius 3 is 2.26 bits per heavy atom. The molecule has 4 aromatic carbocycles. The lowest BCUT2D eigenvalue weighted by Gasteiger charge is -2.13. The molecule has 0 bridgehead atoms. The van der Waals surface area contributed by atoms with Crippen molar-refractivity contribution in [3.63, 3.8) is 0 Å². The fraction of sp³-hybridized carbons (Fsp3) is 0.0625. The number of anilines is 1. The Bertz CT molecular complexity index is 1710. The summed E-state index contributed by atoms with van der Waals surface area (Å²) in [6.45, 7) is 0. The van der Waals surface area contributed by atoms with E-state index in [2.05, 4.69) is 47.7 Å². The predicted octanol–water partition coefficient (Wildman–Crippen LogP) is 6.56. The maximum Gasteiger partial charge on any atom is 0.343 e. The molecule has 2 N–H and O–H groups in total. The zero-order valence-electron chi connectivity index (χ0n) is 23.0. The van der Waals surface area contributed by atoms with E-state index in [4.69, 9.17) is 4.74 Å². The molecule has 0 saturated heterocycles. The van der Waals surface area contributed by atoms with Gasteiger partial charge in [0.2, 0.25) is 0 Å². The highest BCUT2D eigenvalue weighted by atomic mass is 79.9. The van der Waals surface area contributed by atoms with Crippen LogP contribution in [0, 0.1) is 5.82 Å². The van der Waals surface area contributed by atoms with E-state index in [1.807, 2.05) is 43.3 Å². The van der Waals surface area contributed by atoms with Crippen LogP contribution in [0.5, 0.6) is 5.75 Å². The number of hydrogen-bond donors (Lipinski definition) is 2. The molecule has 4 aromatic rings. The molecule has 0 unspecified atom stereocenters. The number of carbonyl (C=O) groups excluding carboxylic acids is 3. The SMILES string of the molecule is CN(C)c1ccc(/C=C(/NC(=O)c2ccccc2)C(=O)N/N=C/c2cc(Br)cc(Br)c2OC(=O)c2cccc(F)c2)cc1. The highest BCUT2D eigenvalue weighted by Gasteiger charge is 2.17. The van der Waals surface area contributed by atoms with Crippen molar-refractivity contribution in [1.29, 1.82) is 0 Å². The van der Waals surface area contributed by atoms with E-state index in [1.54, 1.807) is 42.5 Å². The van der Waals surface area contributed by atoms with Gasteiger partial charge in [0.25, 0.3) is 11.8 Å². The number of carbonyl (C=O) groups is 3. The third-order valence-electron chi connectivity index (χ3n) is 5.91. The van der Waals surface area contributed by atoms with Crippen LogP contribution in [-0.4, -0.2) is 38.1 Å². The second-order valence-corrected chi connectivity index (χ2v) is 11.0. The summed E-state index contributed by atoms with van der Waals surface area (Å²) < 4.78 is 20.2. The van der Waals surface area contributed by atoms with Gasteiger partial charge in [0.05, 0.1) is 16.3 Å². The van der Waals surface area contributed by atoms with Crippen LogP contribution in [0.1, 0.15) is 31.8 Å². The molecule has 2 amide bonds. The first-order valence-corrected chi connectivity index (χ1v) is 14.3. The molecular weight excluding hydrogens is 683 g/mol. The van der Waals surface area contributed by atoms with Gasteiger partial charge in [-0.25, -0.2) is 14.6 Å². The first-order chi connectivity index (χ1) is 20.6. The number of rotatable bonds is 9. The second kappa shape index (κ2) is 14.5. The van der Waals surface area contributed by atoms with Crippen LogP contribution in [0.4, 0.5) is 10.1 Å². The number of hydrazone groups is 1. The summed E-state index contributed by atoms with van der Waals surface area (Å²) in [5.41, 5.74) is 4.73. The van der Waals surface area contributed by atoms with Gasteiger partial charge in [0, 0.05) is 35.4 Å². The molecule has 0 fully saturated rings. The van der Waals surface area contributed by atoms with Gasteiger partial charge in [-0.15, -0.1) is 0 Å². The summed E-state index contributed by atoms with van der Waals surface area (Å²) >= 11 is 6.75. The Morgan fingerprint density at radius 1 is 0.884 bits per heavy atom. The van der Waals surface area contributed by atoms with E-state index in [9.17, 15) is 18.8 Å². The lowest BCUT2D eigenvalue weighted by atomic mass is 10.1. The quantitative estimate of drug-likeness (QED) is 0.0676. The van der Waals surface area contributed by atoms with Crippen LogP contribution in [0.25, 0.3) is 6.08 Å². The van der Waals surface area contributed by atoms with Gasteiger partial charge in [0.1, 0.15) is 11.5 Å². The molecule has 43 heavy (non-hydrogen) atoms. The van der Waals surface area contributed by atoms with Crippen molar-refractivity contribution < 1.29 is 23.5 Å². The molecule has 218 valence electrons. The topological polar surface area (TPSA) is 100 Å². The van der Waals surface area contributed by atoms with Crippen LogP contribution in [0.3, 0.4) is 0 Å². The second-order valence-electron chi connectivity index (χ2n) is 9.27. The summed E-state index contributed by atoms with van der Waals surface area (Å²) in [5.74, 6) is -2.42. The summed E-state index contributed by atoms with van der Waals surface area (Å²) in [5, 5.41) is 6.70. The monoisotopic (exact) mass is 706 g/mol. The fourth-order valence-corrected chi connectivity index (χ4v) is 5.09. The third kappa shape index (κ3) is 8.69. The van der Waals surface area contributed by atoms with Crippen molar-refractivity contribution in [2.24, 2.45) is 5.10 Å². The van der Waals surface area contributed by atoms with Gasteiger partial charge in [-0.05, 0) is 82.2 Å². The van der Waals surface area contributed by atoms with Gasteiger partial charge < -0.3 is 15.0 Å². The normalized spacial score (nSPS) is 11.2. The van der Waals surface area contributed by atoms with Crippen molar-refractivity contribution in [2.75, 3.05) is 19.0 Å². The molecular formula is C32H25Br2FN4O4. The Hall–Kier alpha value is -4.61. The number of nitrogens with zero attached hydrogens (tertiary/aromatic N) is 2. The van der Waals surface area contributed by atoms with Gasteiger partial charge in [-0.1, -0.05) is 52.3 Å². The standard InChI is InChI=1S/C32H25Br2FN4O4/c1-39(2)26-13-11-20(12-14-26)15-28(37-30(40)21-7-4-3-5-8-21)31(41)38-36-19-23-16-24(33)18-27(34)29(23)43-32(42)22-9-6-10-25(35)17-22/h3-19H,1-2H3,(H,37,40)(H,38,41)/b28-15+,36-19+. The number of hydrogen-bond acceptors (Lipinski definition) is 6. The van der Waals surface area contributed by atoms with Crippen molar-refractivity contribution in [2.45, 2.75) is 0 Å². The molecule has 0 radical (unpaired) electrons. The minimum absolute atomic E-state index is 0.0218. The molecule has 8 nitrogen and oxygen atoms in total. The largest absolute Gasteiger partial charge is 0.421 e. The zero-order valence-corrected chi connectivity index (χ0v) is 26.1. The first-order valence-electron chi connectivity index (χ1n) is 12.8. The summed E-state index contributed by atoms with van der Waals surface area (Å²) in [6, 6.07) is 24.3. The van der Waals surface area contributed by atoms with Crippen LogP contribution in [0.15, 0.2) is 111 Å². The van der Waals surface area contributed by atoms with Crippen molar-refractivity contribution in [3.8, 4) is 5.75 Å².